The summed E-state index contributed by atoms with van der Waals surface area (Å²) < 4.78 is 2.10. The van der Waals surface area contributed by atoms with Gasteiger partial charge in [0.1, 0.15) is 11.3 Å². The van der Waals surface area contributed by atoms with Crippen molar-refractivity contribution in [3.8, 4) is 0 Å². The van der Waals surface area contributed by atoms with Gasteiger partial charge in [0.15, 0.2) is 0 Å². The van der Waals surface area contributed by atoms with Gasteiger partial charge in [-0.25, -0.2) is 0 Å². The van der Waals surface area contributed by atoms with Crippen molar-refractivity contribution in [3.63, 3.8) is 0 Å². The Morgan fingerprint density at radius 2 is 2.00 bits per heavy atom. The minimum Gasteiger partial charge on any atom is -0.383 e. The summed E-state index contributed by atoms with van der Waals surface area (Å²) in [5.41, 5.74) is 1.64. The van der Waals surface area contributed by atoms with Gasteiger partial charge in [0.2, 0.25) is 0 Å². The van der Waals surface area contributed by atoms with Crippen molar-refractivity contribution >= 4 is 5.91 Å². The van der Waals surface area contributed by atoms with Crippen molar-refractivity contribution in [1.29, 1.82) is 0 Å². The number of nitrogens with zero attached hydrogens (tertiary/aromatic N) is 3. The fraction of sp³-hybridized carbons (Fsp3) is 0.474. The Bertz CT molecular complexity index is 738. The molecule has 1 N–H and O–H groups in total. The van der Waals surface area contributed by atoms with E-state index in [2.05, 4.69) is 9.55 Å². The quantitative estimate of drug-likeness (QED) is 0.944. The van der Waals surface area contributed by atoms with Crippen LogP contribution in [-0.4, -0.2) is 38.6 Å². The number of hydrogen-bond acceptors (Lipinski definition) is 3. The molecule has 0 unspecified atom stereocenters. The van der Waals surface area contributed by atoms with Gasteiger partial charge in [-0.05, 0) is 56.4 Å². The molecule has 2 aliphatic rings. The smallest absolute Gasteiger partial charge is 0.270 e. The predicted molar refractivity (Wildman–Crippen MR) is 90.7 cm³/mol. The van der Waals surface area contributed by atoms with E-state index in [1.54, 1.807) is 6.20 Å². The zero-order valence-electron chi connectivity index (χ0n) is 14.0. The molecule has 4 rings (SSSR count). The second kappa shape index (κ2) is 5.74. The number of aromatic nitrogens is 2. The molecule has 5 nitrogen and oxygen atoms in total. The molecule has 0 aromatic carbocycles. The van der Waals surface area contributed by atoms with Gasteiger partial charge in [-0.2, -0.15) is 0 Å². The zero-order valence-corrected chi connectivity index (χ0v) is 14.0. The highest BCUT2D eigenvalue weighted by Crippen LogP contribution is 2.37. The van der Waals surface area contributed by atoms with E-state index >= 15 is 0 Å². The Balaban J connectivity index is 1.46. The minimum atomic E-state index is -0.928. The molecule has 126 valence electrons. The van der Waals surface area contributed by atoms with Gasteiger partial charge in [0.05, 0.1) is 5.69 Å². The standard InChI is InChI=1S/C19H23N3O2/c1-14-4-7-17(20-13-14)19(24)8-11-21(12-9-19)18(23)16-3-2-10-22(16)15-5-6-15/h2-4,7,10,13,15,24H,5-6,8-9,11-12H2,1H3. The van der Waals surface area contributed by atoms with Crippen molar-refractivity contribution < 1.29 is 9.90 Å². The van der Waals surface area contributed by atoms with Crippen LogP contribution in [-0.2, 0) is 5.60 Å². The van der Waals surface area contributed by atoms with Gasteiger partial charge in [0, 0.05) is 31.5 Å². The van der Waals surface area contributed by atoms with Crippen LogP contribution in [0.4, 0.5) is 0 Å². The van der Waals surface area contributed by atoms with Crippen molar-refractivity contribution in [2.24, 2.45) is 0 Å². The summed E-state index contributed by atoms with van der Waals surface area (Å²) in [4.78, 5) is 19.1. The molecule has 1 aliphatic carbocycles. The van der Waals surface area contributed by atoms with Gasteiger partial charge in [-0.1, -0.05) is 6.07 Å². The molecule has 0 atom stereocenters. The van der Waals surface area contributed by atoms with Gasteiger partial charge in [-0.3, -0.25) is 9.78 Å². The van der Waals surface area contributed by atoms with Crippen LogP contribution in [0.3, 0.4) is 0 Å². The molecule has 1 amide bonds. The van der Waals surface area contributed by atoms with Gasteiger partial charge < -0.3 is 14.6 Å². The molecule has 2 aromatic rings. The second-order valence-electron chi connectivity index (χ2n) is 7.08. The maximum absolute atomic E-state index is 12.8. The average molecular weight is 325 g/mol. The summed E-state index contributed by atoms with van der Waals surface area (Å²) in [6.07, 6.45) is 7.16. The molecule has 2 fully saturated rings. The lowest BCUT2D eigenvalue weighted by Gasteiger charge is -2.38. The topological polar surface area (TPSA) is 58.4 Å². The number of aliphatic hydroxyl groups is 1. The molecular weight excluding hydrogens is 302 g/mol. The summed E-state index contributed by atoms with van der Waals surface area (Å²) in [5.74, 6) is 0.0748. The van der Waals surface area contributed by atoms with Crippen LogP contribution in [0.25, 0.3) is 0 Å². The predicted octanol–water partition coefficient (Wildman–Crippen LogP) is 2.65. The van der Waals surface area contributed by atoms with Gasteiger partial charge in [0.25, 0.3) is 5.91 Å². The van der Waals surface area contributed by atoms with E-state index in [0.717, 1.165) is 24.1 Å². The number of piperidine rings is 1. The zero-order chi connectivity index (χ0) is 16.7. The highest BCUT2D eigenvalue weighted by Gasteiger charge is 2.37. The maximum atomic E-state index is 12.8. The molecule has 0 radical (unpaired) electrons. The number of rotatable bonds is 3. The lowest BCUT2D eigenvalue weighted by Crippen LogP contribution is -2.46. The van der Waals surface area contributed by atoms with E-state index in [1.165, 1.54) is 0 Å². The highest BCUT2D eigenvalue weighted by atomic mass is 16.3. The van der Waals surface area contributed by atoms with Crippen LogP contribution in [0, 0.1) is 6.92 Å². The van der Waals surface area contributed by atoms with E-state index in [4.69, 9.17) is 0 Å². The molecule has 1 aliphatic heterocycles. The lowest BCUT2D eigenvalue weighted by atomic mass is 9.87. The number of pyridine rings is 1. The van der Waals surface area contributed by atoms with E-state index in [1.807, 2.05) is 42.3 Å². The fourth-order valence-corrected chi connectivity index (χ4v) is 3.49. The van der Waals surface area contributed by atoms with Crippen molar-refractivity contribution in [1.82, 2.24) is 14.5 Å². The molecule has 1 saturated carbocycles. The Kier molecular flexibility index (Phi) is 3.68. The van der Waals surface area contributed by atoms with Crippen LogP contribution in [0.15, 0.2) is 36.7 Å². The Labute approximate surface area is 141 Å². The third-order valence-electron chi connectivity index (χ3n) is 5.20. The number of aryl methyl sites for hydroxylation is 1. The molecule has 1 saturated heterocycles. The SMILES string of the molecule is Cc1ccc(C2(O)CCN(C(=O)c3cccn3C3CC3)CC2)nc1. The van der Waals surface area contributed by atoms with Crippen LogP contribution >= 0.6 is 0 Å². The van der Waals surface area contributed by atoms with Crippen LogP contribution < -0.4 is 0 Å². The largest absolute Gasteiger partial charge is 0.383 e. The van der Waals surface area contributed by atoms with Gasteiger partial charge in [-0.15, -0.1) is 0 Å². The van der Waals surface area contributed by atoms with Crippen LogP contribution in [0.5, 0.6) is 0 Å². The van der Waals surface area contributed by atoms with E-state index in [-0.39, 0.29) is 5.91 Å². The van der Waals surface area contributed by atoms with Crippen LogP contribution in [0.2, 0.25) is 0 Å². The number of carbonyl (C=O) groups is 1. The average Bonchev–Trinajstić information content (AvgIpc) is 3.32. The van der Waals surface area contributed by atoms with Gasteiger partial charge >= 0.3 is 0 Å². The molecular formula is C19H23N3O2. The Hall–Kier alpha value is -2.14. The highest BCUT2D eigenvalue weighted by molar-refractivity contribution is 5.93. The third-order valence-corrected chi connectivity index (χ3v) is 5.20. The maximum Gasteiger partial charge on any atom is 0.270 e. The Morgan fingerprint density at radius 3 is 2.62 bits per heavy atom. The number of amides is 1. The van der Waals surface area contributed by atoms with Crippen molar-refractivity contribution in [3.05, 3.63) is 53.6 Å². The van der Waals surface area contributed by atoms with Crippen LogP contribution in [0.1, 0.15) is 53.5 Å². The first-order chi connectivity index (χ1) is 11.6. The van der Waals surface area contributed by atoms with Crippen molar-refractivity contribution in [2.45, 2.75) is 44.2 Å². The third kappa shape index (κ3) is 2.73. The summed E-state index contributed by atoms with van der Waals surface area (Å²) in [6.45, 7) is 3.10. The lowest BCUT2D eigenvalue weighted by molar-refractivity contribution is -0.0246. The number of hydrogen-bond donors (Lipinski definition) is 1. The second-order valence-corrected chi connectivity index (χ2v) is 7.08. The summed E-state index contributed by atoms with van der Waals surface area (Å²) in [7, 11) is 0. The summed E-state index contributed by atoms with van der Waals surface area (Å²) in [6, 6.07) is 8.22. The number of likely N-dealkylation sites (tertiary alicyclic amines) is 1. The first-order valence-corrected chi connectivity index (χ1v) is 8.68. The number of carbonyl (C=O) groups excluding carboxylic acids is 1. The molecule has 0 spiro atoms. The molecule has 3 heterocycles. The summed E-state index contributed by atoms with van der Waals surface area (Å²) in [5, 5.41) is 10.9. The first kappa shape index (κ1) is 15.4. The molecule has 5 heteroatoms. The molecule has 0 bridgehead atoms. The normalized spacial score (nSPS) is 20.2. The first-order valence-electron chi connectivity index (χ1n) is 8.68. The van der Waals surface area contributed by atoms with E-state index in [9.17, 15) is 9.90 Å². The monoisotopic (exact) mass is 325 g/mol. The fourth-order valence-electron chi connectivity index (χ4n) is 3.49. The summed E-state index contributed by atoms with van der Waals surface area (Å²) >= 11 is 0. The van der Waals surface area contributed by atoms with Crippen molar-refractivity contribution in [2.75, 3.05) is 13.1 Å². The van der Waals surface area contributed by atoms with E-state index in [0.29, 0.717) is 37.7 Å². The minimum absolute atomic E-state index is 0.0748. The molecule has 2 aromatic heterocycles. The molecule has 24 heavy (non-hydrogen) atoms. The van der Waals surface area contributed by atoms with E-state index < -0.39 is 5.60 Å². The Morgan fingerprint density at radius 1 is 1.25 bits per heavy atom.